The van der Waals surface area contributed by atoms with Crippen LogP contribution in [0.4, 0.5) is 11.6 Å². The van der Waals surface area contributed by atoms with Crippen LogP contribution >= 0.6 is 0 Å². The van der Waals surface area contributed by atoms with E-state index in [0.717, 1.165) is 24.7 Å². The van der Waals surface area contributed by atoms with E-state index in [-0.39, 0.29) is 5.56 Å². The standard InChI is InChI=1S/C17H20N8O/c1-13-20-14(12-15(21-13)25-6-3-4-19-25)23-8-10-24(11-9-23)16-17(26)22(2)7-5-18-16/h3-7,12H,8-11H2,1-2H3. The molecule has 1 fully saturated rings. The summed E-state index contributed by atoms with van der Waals surface area (Å²) < 4.78 is 3.28. The molecule has 0 aliphatic carbocycles. The van der Waals surface area contributed by atoms with Crippen molar-refractivity contribution in [1.29, 1.82) is 0 Å². The molecular weight excluding hydrogens is 332 g/mol. The van der Waals surface area contributed by atoms with E-state index in [4.69, 9.17) is 0 Å². The summed E-state index contributed by atoms with van der Waals surface area (Å²) in [5, 5.41) is 4.24. The van der Waals surface area contributed by atoms with Crippen molar-refractivity contribution in [2.45, 2.75) is 6.92 Å². The fourth-order valence-electron chi connectivity index (χ4n) is 3.07. The summed E-state index contributed by atoms with van der Waals surface area (Å²) in [7, 11) is 1.74. The highest BCUT2D eigenvalue weighted by Crippen LogP contribution is 2.18. The lowest BCUT2D eigenvalue weighted by molar-refractivity contribution is 0.632. The Balaban J connectivity index is 1.53. The van der Waals surface area contributed by atoms with Gasteiger partial charge in [0.2, 0.25) is 0 Å². The third kappa shape index (κ3) is 3.03. The van der Waals surface area contributed by atoms with Gasteiger partial charge in [0, 0.05) is 64.1 Å². The molecule has 1 aliphatic heterocycles. The van der Waals surface area contributed by atoms with E-state index in [1.807, 2.05) is 30.2 Å². The third-order valence-corrected chi connectivity index (χ3v) is 4.45. The fourth-order valence-corrected chi connectivity index (χ4v) is 3.07. The SMILES string of the molecule is Cc1nc(N2CCN(c3nccn(C)c3=O)CC2)cc(-n2cccn2)n1. The number of hydrogen-bond acceptors (Lipinski definition) is 7. The first-order valence-corrected chi connectivity index (χ1v) is 8.49. The average molecular weight is 352 g/mol. The molecule has 9 nitrogen and oxygen atoms in total. The maximum absolute atomic E-state index is 12.3. The molecule has 26 heavy (non-hydrogen) atoms. The zero-order valence-electron chi connectivity index (χ0n) is 14.8. The first-order chi connectivity index (χ1) is 12.6. The summed E-state index contributed by atoms with van der Waals surface area (Å²) in [5.41, 5.74) is -0.0696. The third-order valence-electron chi connectivity index (χ3n) is 4.45. The Morgan fingerprint density at radius 1 is 0.962 bits per heavy atom. The molecule has 0 spiro atoms. The van der Waals surface area contributed by atoms with Gasteiger partial charge in [-0.3, -0.25) is 4.79 Å². The lowest BCUT2D eigenvalue weighted by Gasteiger charge is -2.35. The van der Waals surface area contributed by atoms with Crippen LogP contribution < -0.4 is 15.4 Å². The molecule has 0 bridgehead atoms. The zero-order chi connectivity index (χ0) is 18.1. The van der Waals surface area contributed by atoms with Crippen molar-refractivity contribution in [2.75, 3.05) is 36.0 Å². The number of aromatic nitrogens is 6. The van der Waals surface area contributed by atoms with Crippen LogP contribution in [0.25, 0.3) is 5.82 Å². The number of nitrogens with zero attached hydrogens (tertiary/aromatic N) is 8. The van der Waals surface area contributed by atoms with Gasteiger partial charge in [0.05, 0.1) is 0 Å². The van der Waals surface area contributed by atoms with E-state index in [1.165, 1.54) is 0 Å². The van der Waals surface area contributed by atoms with Crippen LogP contribution in [0.15, 0.2) is 41.7 Å². The smallest absolute Gasteiger partial charge is 0.293 e. The summed E-state index contributed by atoms with van der Waals surface area (Å²) in [4.78, 5) is 29.8. The van der Waals surface area contributed by atoms with E-state index in [0.29, 0.717) is 24.7 Å². The second-order valence-electron chi connectivity index (χ2n) is 6.22. The summed E-state index contributed by atoms with van der Waals surface area (Å²) in [6.07, 6.45) is 6.92. The second kappa shape index (κ2) is 6.58. The lowest BCUT2D eigenvalue weighted by Crippen LogP contribution is -2.49. The minimum atomic E-state index is -0.0696. The molecule has 0 radical (unpaired) electrons. The van der Waals surface area contributed by atoms with Gasteiger partial charge in [0.25, 0.3) is 5.56 Å². The normalized spacial score (nSPS) is 14.7. The molecule has 0 N–H and O–H groups in total. The van der Waals surface area contributed by atoms with Crippen LogP contribution in [0.1, 0.15) is 5.82 Å². The predicted molar refractivity (Wildman–Crippen MR) is 97.8 cm³/mol. The van der Waals surface area contributed by atoms with Gasteiger partial charge in [-0.25, -0.2) is 19.6 Å². The summed E-state index contributed by atoms with van der Waals surface area (Å²) in [6, 6.07) is 3.80. The number of hydrogen-bond donors (Lipinski definition) is 0. The van der Waals surface area contributed by atoms with E-state index >= 15 is 0 Å². The van der Waals surface area contributed by atoms with Crippen LogP contribution in [0.2, 0.25) is 0 Å². The Morgan fingerprint density at radius 2 is 1.69 bits per heavy atom. The maximum Gasteiger partial charge on any atom is 0.293 e. The van der Waals surface area contributed by atoms with Crippen LogP contribution in [0.5, 0.6) is 0 Å². The molecule has 0 unspecified atom stereocenters. The van der Waals surface area contributed by atoms with Gasteiger partial charge in [-0.15, -0.1) is 0 Å². The number of piperazine rings is 1. The number of aryl methyl sites for hydroxylation is 2. The Morgan fingerprint density at radius 3 is 2.42 bits per heavy atom. The molecule has 9 heteroatoms. The summed E-state index contributed by atoms with van der Waals surface area (Å²) >= 11 is 0. The fraction of sp³-hybridized carbons (Fsp3) is 0.353. The molecule has 4 rings (SSSR count). The number of rotatable bonds is 3. The molecule has 0 amide bonds. The predicted octanol–water partition coefficient (Wildman–Crippen LogP) is 0.391. The van der Waals surface area contributed by atoms with Gasteiger partial charge in [-0.05, 0) is 13.0 Å². The molecule has 0 aromatic carbocycles. The molecule has 1 aliphatic rings. The Labute approximate surface area is 150 Å². The highest BCUT2D eigenvalue weighted by atomic mass is 16.1. The maximum atomic E-state index is 12.3. The van der Waals surface area contributed by atoms with Gasteiger partial charge in [-0.2, -0.15) is 5.10 Å². The first-order valence-electron chi connectivity index (χ1n) is 8.49. The molecule has 0 saturated carbocycles. The largest absolute Gasteiger partial charge is 0.353 e. The van der Waals surface area contributed by atoms with Crippen molar-refractivity contribution in [3.8, 4) is 5.82 Å². The second-order valence-corrected chi connectivity index (χ2v) is 6.22. The quantitative estimate of drug-likeness (QED) is 0.674. The molecular formula is C17H20N8O. The van der Waals surface area contributed by atoms with Crippen molar-refractivity contribution >= 4 is 11.6 Å². The minimum absolute atomic E-state index is 0.0696. The van der Waals surface area contributed by atoms with Gasteiger partial charge in [0.1, 0.15) is 11.6 Å². The topological polar surface area (TPSA) is 85.0 Å². The highest BCUT2D eigenvalue weighted by molar-refractivity contribution is 5.47. The van der Waals surface area contributed by atoms with Crippen molar-refractivity contribution in [3.05, 3.63) is 53.1 Å². The van der Waals surface area contributed by atoms with E-state index in [2.05, 4.69) is 25.0 Å². The lowest BCUT2D eigenvalue weighted by atomic mass is 10.3. The summed E-state index contributed by atoms with van der Waals surface area (Å²) in [5.74, 6) is 2.83. The van der Waals surface area contributed by atoms with Crippen molar-refractivity contribution in [2.24, 2.45) is 7.05 Å². The van der Waals surface area contributed by atoms with Gasteiger partial charge in [-0.1, -0.05) is 0 Å². The molecule has 1 saturated heterocycles. The first kappa shape index (κ1) is 16.2. The molecule has 134 valence electrons. The van der Waals surface area contributed by atoms with Crippen molar-refractivity contribution < 1.29 is 0 Å². The highest BCUT2D eigenvalue weighted by Gasteiger charge is 2.22. The number of anilines is 2. The monoisotopic (exact) mass is 352 g/mol. The Kier molecular flexibility index (Phi) is 4.11. The van der Waals surface area contributed by atoms with Crippen molar-refractivity contribution in [1.82, 2.24) is 29.3 Å². The Hall–Kier alpha value is -3.23. The van der Waals surface area contributed by atoms with E-state index in [9.17, 15) is 4.79 Å². The van der Waals surface area contributed by atoms with Gasteiger partial charge in [0.15, 0.2) is 11.6 Å². The minimum Gasteiger partial charge on any atom is -0.353 e. The molecule has 4 heterocycles. The summed E-state index contributed by atoms with van der Waals surface area (Å²) in [6.45, 7) is 4.83. The van der Waals surface area contributed by atoms with Crippen LogP contribution in [-0.2, 0) is 7.05 Å². The molecule has 0 atom stereocenters. The van der Waals surface area contributed by atoms with Crippen LogP contribution in [-0.4, -0.2) is 55.5 Å². The van der Waals surface area contributed by atoms with Crippen molar-refractivity contribution in [3.63, 3.8) is 0 Å². The Bertz CT molecular complexity index is 957. The van der Waals surface area contributed by atoms with Crippen LogP contribution in [0.3, 0.4) is 0 Å². The molecule has 3 aromatic rings. The van der Waals surface area contributed by atoms with Gasteiger partial charge >= 0.3 is 0 Å². The van der Waals surface area contributed by atoms with E-state index in [1.54, 1.807) is 34.9 Å². The average Bonchev–Trinajstić information content (AvgIpc) is 3.19. The van der Waals surface area contributed by atoms with E-state index < -0.39 is 0 Å². The van der Waals surface area contributed by atoms with Crippen LogP contribution in [0, 0.1) is 6.92 Å². The van der Waals surface area contributed by atoms with Gasteiger partial charge < -0.3 is 14.4 Å². The zero-order valence-corrected chi connectivity index (χ0v) is 14.8. The molecule has 3 aromatic heterocycles.